The van der Waals surface area contributed by atoms with Crippen molar-refractivity contribution in [2.75, 3.05) is 14.2 Å². The molecule has 2 amide bonds. The number of hydrogen-bond acceptors (Lipinski definition) is 4. The zero-order chi connectivity index (χ0) is 23.9. The number of nitrogens with zero attached hydrogens (tertiary/aromatic N) is 1. The first-order valence-electron chi connectivity index (χ1n) is 11.6. The number of likely N-dealkylation sites (N-methyl/N-ethyl adjacent to an activating group) is 1. The summed E-state index contributed by atoms with van der Waals surface area (Å²) in [5.74, 6) is 0.108. The van der Waals surface area contributed by atoms with Crippen molar-refractivity contribution in [3.05, 3.63) is 107 Å². The van der Waals surface area contributed by atoms with Crippen LogP contribution in [0.5, 0.6) is 5.75 Å². The average Bonchev–Trinajstić information content (AvgIpc) is 2.86. The smallest absolute Gasteiger partial charge is 0.274 e. The van der Waals surface area contributed by atoms with Crippen LogP contribution in [0.2, 0.25) is 0 Å². The van der Waals surface area contributed by atoms with Gasteiger partial charge in [-0.15, -0.1) is 0 Å². The molecule has 0 bridgehead atoms. The number of rotatable bonds is 8. The first kappa shape index (κ1) is 23.3. The maximum absolute atomic E-state index is 13.4. The Hall–Kier alpha value is -3.86. The Labute approximate surface area is 201 Å². The summed E-state index contributed by atoms with van der Waals surface area (Å²) >= 11 is 0. The van der Waals surface area contributed by atoms with Gasteiger partial charge in [-0.3, -0.25) is 14.9 Å². The highest BCUT2D eigenvalue weighted by atomic mass is 16.5. The third kappa shape index (κ3) is 5.37. The Kier molecular flexibility index (Phi) is 7.43. The fourth-order valence-electron chi connectivity index (χ4n) is 4.40. The summed E-state index contributed by atoms with van der Waals surface area (Å²) in [5.41, 5.74) is 5.52. The van der Waals surface area contributed by atoms with Crippen LogP contribution in [0.4, 0.5) is 0 Å². The molecule has 5 nitrogen and oxygen atoms in total. The van der Waals surface area contributed by atoms with E-state index in [1.54, 1.807) is 7.11 Å². The van der Waals surface area contributed by atoms with Crippen LogP contribution in [0.25, 0.3) is 5.57 Å². The van der Waals surface area contributed by atoms with E-state index in [0.717, 1.165) is 47.3 Å². The Morgan fingerprint density at radius 2 is 1.65 bits per heavy atom. The topological polar surface area (TPSA) is 58.6 Å². The summed E-state index contributed by atoms with van der Waals surface area (Å²) in [4.78, 5) is 27.9. The number of aryl methyl sites for hydroxylation is 1. The summed E-state index contributed by atoms with van der Waals surface area (Å²) in [6.07, 6.45) is 2.87. The van der Waals surface area contributed by atoms with E-state index >= 15 is 0 Å². The number of benzene rings is 3. The fourth-order valence-corrected chi connectivity index (χ4v) is 4.40. The van der Waals surface area contributed by atoms with Crippen LogP contribution in [0.3, 0.4) is 0 Å². The van der Waals surface area contributed by atoms with Crippen LogP contribution in [0, 0.1) is 0 Å². The van der Waals surface area contributed by atoms with E-state index in [2.05, 4.69) is 17.4 Å². The highest BCUT2D eigenvalue weighted by Gasteiger charge is 2.29. The number of ether oxygens (including phenoxy) is 1. The number of carbonyl (C=O) groups is 2. The van der Waals surface area contributed by atoms with Crippen LogP contribution in [-0.4, -0.2) is 30.9 Å². The lowest BCUT2D eigenvalue weighted by molar-refractivity contribution is -0.129. The molecule has 0 saturated carbocycles. The quantitative estimate of drug-likeness (QED) is 0.489. The lowest BCUT2D eigenvalue weighted by Gasteiger charge is -2.32. The van der Waals surface area contributed by atoms with Gasteiger partial charge in [0, 0.05) is 25.6 Å². The number of amides is 2. The van der Waals surface area contributed by atoms with Crippen LogP contribution in [0.1, 0.15) is 41.5 Å². The van der Waals surface area contributed by atoms with Crippen LogP contribution in [0.15, 0.2) is 84.6 Å². The predicted molar refractivity (Wildman–Crippen MR) is 134 cm³/mol. The van der Waals surface area contributed by atoms with Gasteiger partial charge in [-0.1, -0.05) is 66.7 Å². The van der Waals surface area contributed by atoms with Crippen molar-refractivity contribution in [2.45, 2.75) is 32.2 Å². The Morgan fingerprint density at radius 1 is 0.941 bits per heavy atom. The minimum atomic E-state index is -0.372. The van der Waals surface area contributed by atoms with Crippen molar-refractivity contribution in [3.8, 4) is 5.75 Å². The van der Waals surface area contributed by atoms with Gasteiger partial charge in [-0.05, 0) is 53.6 Å². The highest BCUT2D eigenvalue weighted by molar-refractivity contribution is 6.10. The normalized spacial score (nSPS) is 12.8. The Balaban J connectivity index is 1.53. The summed E-state index contributed by atoms with van der Waals surface area (Å²) in [5, 5.41) is 2.63. The monoisotopic (exact) mass is 454 g/mol. The SMILES string of the molecule is COc1ccc2c(c1)C(c1ccccc1)=C(C(=O)NC(=O)CCCCc1ccccc1)N(C)C2. The van der Waals surface area contributed by atoms with Gasteiger partial charge in [0.2, 0.25) is 5.91 Å². The minimum absolute atomic E-state index is 0.247. The van der Waals surface area contributed by atoms with Gasteiger partial charge >= 0.3 is 0 Å². The highest BCUT2D eigenvalue weighted by Crippen LogP contribution is 2.37. The van der Waals surface area contributed by atoms with E-state index in [4.69, 9.17) is 4.74 Å². The fraction of sp³-hybridized carbons (Fsp3) is 0.241. The molecule has 0 radical (unpaired) electrons. The lowest BCUT2D eigenvalue weighted by atomic mass is 9.88. The molecule has 34 heavy (non-hydrogen) atoms. The molecule has 4 rings (SSSR count). The van der Waals surface area contributed by atoms with E-state index in [1.807, 2.05) is 78.7 Å². The molecule has 0 spiro atoms. The summed E-state index contributed by atoms with van der Waals surface area (Å²) in [6.45, 7) is 0.573. The van der Waals surface area contributed by atoms with Crippen LogP contribution >= 0.6 is 0 Å². The van der Waals surface area contributed by atoms with Gasteiger partial charge in [-0.25, -0.2) is 0 Å². The third-order valence-corrected chi connectivity index (χ3v) is 6.11. The first-order valence-corrected chi connectivity index (χ1v) is 11.6. The second-order valence-electron chi connectivity index (χ2n) is 8.54. The standard InChI is InChI=1S/C29H30N2O3/c1-31-20-23-17-18-24(34-2)19-25(23)27(22-14-7-4-8-15-22)28(31)29(33)30-26(32)16-10-9-13-21-11-5-3-6-12-21/h3-8,11-12,14-15,17-19H,9-10,13,16,20H2,1-2H3,(H,30,32,33). The van der Waals surface area contributed by atoms with Gasteiger partial charge in [0.1, 0.15) is 11.4 Å². The number of hydrogen-bond donors (Lipinski definition) is 1. The molecule has 0 fully saturated rings. The van der Waals surface area contributed by atoms with Crippen molar-refractivity contribution in [2.24, 2.45) is 0 Å². The second-order valence-corrected chi connectivity index (χ2v) is 8.54. The molecule has 1 aliphatic heterocycles. The molecule has 174 valence electrons. The molecule has 0 atom stereocenters. The molecule has 3 aromatic rings. The molecular formula is C29H30N2O3. The molecule has 0 saturated heterocycles. The van der Waals surface area contributed by atoms with Crippen LogP contribution < -0.4 is 10.1 Å². The Bertz CT molecular complexity index is 1190. The number of fused-ring (bicyclic) bond motifs is 1. The molecular weight excluding hydrogens is 424 g/mol. The molecule has 1 N–H and O–H groups in total. The maximum atomic E-state index is 13.4. The number of nitrogens with one attached hydrogen (secondary N) is 1. The van der Waals surface area contributed by atoms with E-state index in [1.165, 1.54) is 5.56 Å². The Morgan fingerprint density at radius 3 is 2.35 bits per heavy atom. The molecule has 5 heteroatoms. The number of unbranched alkanes of at least 4 members (excludes halogenated alkanes) is 1. The van der Waals surface area contributed by atoms with Crippen molar-refractivity contribution in [3.63, 3.8) is 0 Å². The van der Waals surface area contributed by atoms with E-state index in [0.29, 0.717) is 18.7 Å². The van der Waals surface area contributed by atoms with Gasteiger partial charge in [-0.2, -0.15) is 0 Å². The first-order chi connectivity index (χ1) is 16.6. The number of methoxy groups -OCH3 is 1. The lowest BCUT2D eigenvalue weighted by Crippen LogP contribution is -2.39. The molecule has 1 aliphatic rings. The molecule has 0 aliphatic carbocycles. The summed E-state index contributed by atoms with van der Waals surface area (Å²) in [6, 6.07) is 25.9. The van der Waals surface area contributed by atoms with Gasteiger partial charge in [0.25, 0.3) is 5.91 Å². The average molecular weight is 455 g/mol. The van der Waals surface area contributed by atoms with Crippen molar-refractivity contribution in [1.82, 2.24) is 10.2 Å². The second kappa shape index (κ2) is 10.8. The molecule has 1 heterocycles. The minimum Gasteiger partial charge on any atom is -0.497 e. The molecule has 0 aromatic heterocycles. The maximum Gasteiger partial charge on any atom is 0.274 e. The van der Waals surface area contributed by atoms with Crippen molar-refractivity contribution >= 4 is 17.4 Å². The number of carbonyl (C=O) groups excluding carboxylic acids is 2. The number of imide groups is 1. The van der Waals surface area contributed by atoms with E-state index in [-0.39, 0.29) is 11.8 Å². The van der Waals surface area contributed by atoms with E-state index in [9.17, 15) is 9.59 Å². The van der Waals surface area contributed by atoms with Crippen molar-refractivity contribution < 1.29 is 14.3 Å². The zero-order valence-electron chi connectivity index (χ0n) is 19.7. The summed E-state index contributed by atoms with van der Waals surface area (Å²) < 4.78 is 5.45. The van der Waals surface area contributed by atoms with E-state index < -0.39 is 0 Å². The van der Waals surface area contributed by atoms with Gasteiger partial charge in [0.05, 0.1) is 7.11 Å². The zero-order valence-corrected chi connectivity index (χ0v) is 19.7. The van der Waals surface area contributed by atoms with Crippen molar-refractivity contribution in [1.29, 1.82) is 0 Å². The molecule has 3 aromatic carbocycles. The van der Waals surface area contributed by atoms with Gasteiger partial charge < -0.3 is 9.64 Å². The predicted octanol–water partition coefficient (Wildman–Crippen LogP) is 4.96. The van der Waals surface area contributed by atoms with Crippen LogP contribution in [-0.2, 0) is 22.6 Å². The largest absolute Gasteiger partial charge is 0.497 e. The van der Waals surface area contributed by atoms with Gasteiger partial charge in [0.15, 0.2) is 0 Å². The summed E-state index contributed by atoms with van der Waals surface area (Å²) in [7, 11) is 3.52. The third-order valence-electron chi connectivity index (χ3n) is 6.11. The molecule has 0 unspecified atom stereocenters.